The summed E-state index contributed by atoms with van der Waals surface area (Å²) < 4.78 is 64.3. The summed E-state index contributed by atoms with van der Waals surface area (Å²) in [4.78, 5) is 15.9. The van der Waals surface area contributed by atoms with Crippen molar-refractivity contribution in [1.82, 2.24) is 5.32 Å². The molecule has 2 N–H and O–H groups in total. The molecule has 0 bridgehead atoms. The van der Waals surface area contributed by atoms with Crippen LogP contribution in [-0.4, -0.2) is 48.8 Å². The highest BCUT2D eigenvalue weighted by Crippen LogP contribution is 2.37. The molecule has 0 radical (unpaired) electrons. The number of fused-ring (bicyclic) bond motifs is 1. The molecule has 1 amide bonds. The number of hydrogen-bond donors (Lipinski definition) is 2. The highest BCUT2D eigenvalue weighted by Gasteiger charge is 2.35. The van der Waals surface area contributed by atoms with Gasteiger partial charge in [-0.3, -0.25) is 9.35 Å². The molecule has 2 aliphatic rings. The Morgan fingerprint density at radius 2 is 1.88 bits per heavy atom. The van der Waals surface area contributed by atoms with Crippen LogP contribution in [0.15, 0.2) is 69.8 Å². The Kier molecular flexibility index (Phi) is 9.42. The zero-order chi connectivity index (χ0) is 29.0. The highest BCUT2D eigenvalue weighted by molar-refractivity contribution is 7.93. The van der Waals surface area contributed by atoms with Crippen molar-refractivity contribution >= 4 is 49.0 Å². The number of thiophene rings is 1. The first-order chi connectivity index (χ1) is 19.7. The molecule has 12 heteroatoms. The van der Waals surface area contributed by atoms with Crippen LogP contribution in [0.1, 0.15) is 44.1 Å². The minimum Gasteiger partial charge on any atom is -0.369 e. The summed E-state index contributed by atoms with van der Waals surface area (Å²) in [5, 5.41) is 3.20. The second kappa shape index (κ2) is 13.0. The summed E-state index contributed by atoms with van der Waals surface area (Å²) in [6.07, 6.45) is 6.24. The third-order valence-corrected chi connectivity index (χ3v) is 12.1. The number of nitrogens with zero attached hydrogens (tertiary/aromatic N) is 2. The van der Waals surface area contributed by atoms with E-state index in [0.717, 1.165) is 72.0 Å². The maximum absolute atomic E-state index is 13.6. The number of anilines is 2. The summed E-state index contributed by atoms with van der Waals surface area (Å²) in [6, 6.07) is 14.7. The first-order valence-corrected chi connectivity index (χ1v) is 17.2. The number of benzene rings is 2. The first-order valence-electron chi connectivity index (χ1n) is 13.9. The van der Waals surface area contributed by atoms with Gasteiger partial charge in [-0.25, -0.2) is 21.3 Å². The van der Waals surface area contributed by atoms with Crippen LogP contribution in [0.5, 0.6) is 0 Å². The summed E-state index contributed by atoms with van der Waals surface area (Å²) in [5.41, 5.74) is 1.88. The molecule has 220 valence electrons. The molecule has 1 aliphatic heterocycles. The Hall–Kier alpha value is -2.80. The number of carbonyl (C=O) groups excluding carboxylic acids is 1. The van der Waals surface area contributed by atoms with Gasteiger partial charge in [0.25, 0.3) is 11.3 Å². The lowest BCUT2D eigenvalue weighted by atomic mass is 9.84. The predicted octanol–water partition coefficient (Wildman–Crippen LogP) is 5.18. The normalized spacial score (nSPS) is 17.2. The van der Waals surface area contributed by atoms with Crippen molar-refractivity contribution < 1.29 is 26.4 Å². The van der Waals surface area contributed by atoms with Crippen molar-refractivity contribution in [1.29, 1.82) is 0 Å². The van der Waals surface area contributed by atoms with E-state index in [1.807, 2.05) is 0 Å². The average molecular weight is 620 g/mol. The minimum atomic E-state index is -3.82. The molecule has 1 fully saturated rings. The molecule has 8 nitrogen and oxygen atoms in total. The van der Waals surface area contributed by atoms with E-state index < -0.39 is 27.1 Å². The molecule has 2 atom stereocenters. The number of sulfone groups is 1. The van der Waals surface area contributed by atoms with Crippen LogP contribution in [0.25, 0.3) is 0 Å². The molecule has 0 saturated heterocycles. The molecular weight excluding hydrogens is 586 g/mol. The maximum Gasteiger partial charge on any atom is 0.263 e. The van der Waals surface area contributed by atoms with E-state index in [1.165, 1.54) is 36.4 Å². The van der Waals surface area contributed by atoms with Crippen LogP contribution >= 0.6 is 11.3 Å². The number of rotatable bonds is 11. The molecule has 3 aromatic rings. The highest BCUT2D eigenvalue weighted by atomic mass is 32.2. The molecule has 2 heterocycles. The number of nitrogens with one attached hydrogen (secondary N) is 1. The van der Waals surface area contributed by atoms with Gasteiger partial charge < -0.3 is 10.2 Å². The summed E-state index contributed by atoms with van der Waals surface area (Å²) >= 11 is -1.68. The van der Waals surface area contributed by atoms with E-state index in [4.69, 9.17) is 0 Å². The number of hydrogen-bond acceptors (Lipinski definition) is 6. The van der Waals surface area contributed by atoms with Gasteiger partial charge in [0, 0.05) is 25.3 Å². The summed E-state index contributed by atoms with van der Waals surface area (Å²) in [7, 11) is -3.82. The van der Waals surface area contributed by atoms with Crippen molar-refractivity contribution in [2.75, 3.05) is 28.8 Å². The maximum atomic E-state index is 13.6. The summed E-state index contributed by atoms with van der Waals surface area (Å²) in [6.45, 7) is 1.54. The monoisotopic (exact) mass is 619 g/mol. The molecule has 1 aliphatic carbocycles. The largest absolute Gasteiger partial charge is 0.369 e. The van der Waals surface area contributed by atoms with Gasteiger partial charge in [-0.15, -0.1) is 11.3 Å². The Morgan fingerprint density at radius 3 is 2.61 bits per heavy atom. The van der Waals surface area contributed by atoms with Gasteiger partial charge in [0.15, 0.2) is 0 Å². The zero-order valence-electron chi connectivity index (χ0n) is 22.6. The molecule has 1 aromatic heterocycles. The van der Waals surface area contributed by atoms with Gasteiger partial charge >= 0.3 is 0 Å². The van der Waals surface area contributed by atoms with Crippen molar-refractivity contribution in [3.8, 4) is 0 Å². The Balaban J connectivity index is 1.35. The number of carbonyl (C=O) groups is 1. The van der Waals surface area contributed by atoms with Crippen LogP contribution in [0, 0.1) is 11.7 Å². The van der Waals surface area contributed by atoms with Crippen LogP contribution in [-0.2, 0) is 32.3 Å². The van der Waals surface area contributed by atoms with Gasteiger partial charge in [-0.05, 0) is 66.8 Å². The predicted molar refractivity (Wildman–Crippen MR) is 160 cm³/mol. The van der Waals surface area contributed by atoms with Crippen molar-refractivity contribution in [2.24, 2.45) is 5.92 Å². The average Bonchev–Trinajstić information content (AvgIpc) is 3.61. The molecule has 1 saturated carbocycles. The molecule has 0 spiro atoms. The van der Waals surface area contributed by atoms with E-state index in [2.05, 4.69) is 10.2 Å². The van der Waals surface area contributed by atoms with E-state index in [0.29, 0.717) is 19.5 Å². The Bertz CT molecular complexity index is 1490. The smallest absolute Gasteiger partial charge is 0.263 e. The fourth-order valence-corrected chi connectivity index (χ4v) is 9.37. The second-order valence-electron chi connectivity index (χ2n) is 10.5. The molecule has 5 rings (SSSR count). The van der Waals surface area contributed by atoms with E-state index in [-0.39, 0.29) is 31.7 Å². The van der Waals surface area contributed by atoms with Gasteiger partial charge in [0.2, 0.25) is 15.7 Å². The van der Waals surface area contributed by atoms with Gasteiger partial charge in [-0.2, -0.15) is 0 Å². The Morgan fingerprint density at radius 1 is 1.12 bits per heavy atom. The van der Waals surface area contributed by atoms with E-state index in [9.17, 15) is 26.4 Å². The van der Waals surface area contributed by atoms with Crippen LogP contribution in [0.2, 0.25) is 0 Å². The standard InChI is InChI=1S/C29H34FN3O5S3/c30-23-11-12-25-22(20-23)15-17-32(25)18-16-31-29(34)26(19-21-7-3-1-4-8-21)33(40(35)36)27-13-14-28(39-27)41(37,38)24-9-5-2-6-10-24/h2,5-6,9-14,20-21,26H,1,3-4,7-8,15-19H2,(H,31,34)(H,35,36). The molecular formula is C29H34FN3O5S3. The van der Waals surface area contributed by atoms with Crippen molar-refractivity contribution in [2.45, 2.75) is 60.1 Å². The molecule has 41 heavy (non-hydrogen) atoms. The van der Waals surface area contributed by atoms with Crippen LogP contribution in [0.4, 0.5) is 15.1 Å². The molecule has 2 aromatic carbocycles. The molecule has 2 unspecified atom stereocenters. The second-order valence-corrected chi connectivity index (χ2v) is 14.6. The topological polar surface area (TPSA) is 107 Å². The Labute approximate surface area is 246 Å². The zero-order valence-corrected chi connectivity index (χ0v) is 25.0. The lowest BCUT2D eigenvalue weighted by molar-refractivity contribution is -0.122. The number of halogens is 1. The quantitative estimate of drug-likeness (QED) is 0.287. The van der Waals surface area contributed by atoms with Gasteiger partial charge in [-0.1, -0.05) is 50.3 Å². The van der Waals surface area contributed by atoms with Gasteiger partial charge in [0.05, 0.1) is 4.90 Å². The van der Waals surface area contributed by atoms with Crippen LogP contribution < -0.4 is 14.5 Å². The minimum absolute atomic E-state index is 0.0371. The first kappa shape index (κ1) is 29.7. The summed E-state index contributed by atoms with van der Waals surface area (Å²) in [5.74, 6) is -0.425. The third-order valence-electron chi connectivity index (χ3n) is 7.85. The van der Waals surface area contributed by atoms with E-state index >= 15 is 0 Å². The SMILES string of the molecule is O=C(NCCN1CCc2cc(F)ccc21)C(CC1CCCCC1)N(c1ccc(S(=O)(=O)c2ccccc2)s1)S(=O)O. The van der Waals surface area contributed by atoms with Crippen LogP contribution in [0.3, 0.4) is 0 Å². The van der Waals surface area contributed by atoms with Gasteiger partial charge in [0.1, 0.15) is 21.1 Å². The van der Waals surface area contributed by atoms with Crippen molar-refractivity contribution in [3.05, 3.63) is 72.0 Å². The lowest BCUT2D eigenvalue weighted by Gasteiger charge is -2.32. The fourth-order valence-electron chi connectivity index (χ4n) is 5.78. The third kappa shape index (κ3) is 6.82. The number of amides is 1. The van der Waals surface area contributed by atoms with E-state index in [1.54, 1.807) is 24.3 Å². The van der Waals surface area contributed by atoms with Crippen molar-refractivity contribution in [3.63, 3.8) is 0 Å². The lowest BCUT2D eigenvalue weighted by Crippen LogP contribution is -2.50. The fraction of sp³-hybridized carbons (Fsp3) is 0.414.